The van der Waals surface area contributed by atoms with Crippen molar-refractivity contribution in [1.29, 1.82) is 0 Å². The molecule has 0 spiro atoms. The van der Waals surface area contributed by atoms with Gasteiger partial charge in [-0.2, -0.15) is 0 Å². The van der Waals surface area contributed by atoms with Gasteiger partial charge in [-0.05, 0) is 44.9 Å². The number of carbonyl (C=O) groups excluding carboxylic acids is 2. The molecule has 6 nitrogen and oxygen atoms in total. The lowest BCUT2D eigenvalue weighted by molar-refractivity contribution is -0.873. The number of unbranched alkanes of at least 4 members (excludes halogenated alkanes) is 1. The van der Waals surface area contributed by atoms with Gasteiger partial charge in [-0.15, -0.1) is 0 Å². The van der Waals surface area contributed by atoms with Gasteiger partial charge in [0.05, 0.1) is 27.6 Å². The van der Waals surface area contributed by atoms with E-state index in [-0.39, 0.29) is 12.8 Å². The lowest BCUT2D eigenvalue weighted by Crippen LogP contribution is -2.42. The summed E-state index contributed by atoms with van der Waals surface area (Å²) in [5.41, 5.74) is 0. The van der Waals surface area contributed by atoms with Crippen LogP contribution in [0.2, 0.25) is 0 Å². The normalized spacial score (nSPS) is 13.7. The van der Waals surface area contributed by atoms with E-state index in [0.29, 0.717) is 17.4 Å². The number of hydrogen-bond acceptors (Lipinski definition) is 5. The zero-order valence-corrected chi connectivity index (χ0v) is 21.7. The summed E-state index contributed by atoms with van der Waals surface area (Å²) < 4.78 is 10.3. The number of allylic oxidation sites excluding steroid dienone is 10. The molecule has 0 aromatic heterocycles. The molecule has 1 unspecified atom stereocenters. The lowest BCUT2D eigenvalue weighted by atomic mass is 10.2. The van der Waals surface area contributed by atoms with Crippen LogP contribution in [0.5, 0.6) is 0 Å². The largest absolute Gasteiger partial charge is 0.428 e. The van der Waals surface area contributed by atoms with Crippen molar-refractivity contribution in [3.05, 3.63) is 60.8 Å². The number of esters is 2. The quantitative estimate of drug-likeness (QED) is 0.0887. The Bertz CT molecular complexity index is 683. The molecule has 6 heteroatoms. The van der Waals surface area contributed by atoms with E-state index in [2.05, 4.69) is 67.7 Å². The van der Waals surface area contributed by atoms with Crippen molar-refractivity contribution >= 4 is 11.9 Å². The zero-order valence-electron chi connectivity index (χ0n) is 21.7. The topological polar surface area (TPSA) is 72.8 Å². The first-order valence-corrected chi connectivity index (χ1v) is 12.3. The predicted octanol–water partition coefficient (Wildman–Crippen LogP) is 5.41. The van der Waals surface area contributed by atoms with Crippen LogP contribution >= 0.6 is 0 Å². The first-order chi connectivity index (χ1) is 16.2. The SMILES string of the molecule is CCC=CCC=CCC=CCC=CCC=CCCCC(=O)OCOC(=O)CC(O)C[N+](C)(C)C. The number of aliphatic hydroxyl groups excluding tert-OH is 1. The molecule has 0 aliphatic carbocycles. The monoisotopic (exact) mass is 476 g/mol. The van der Waals surface area contributed by atoms with Gasteiger partial charge in [-0.25, -0.2) is 0 Å². The van der Waals surface area contributed by atoms with Crippen molar-refractivity contribution in [1.82, 2.24) is 0 Å². The molecular weight excluding hydrogens is 430 g/mol. The molecule has 0 aliphatic rings. The van der Waals surface area contributed by atoms with Gasteiger partial charge < -0.3 is 19.1 Å². The third-order valence-electron chi connectivity index (χ3n) is 4.51. The lowest BCUT2D eigenvalue weighted by Gasteiger charge is -2.26. The zero-order chi connectivity index (χ0) is 25.5. The van der Waals surface area contributed by atoms with Gasteiger partial charge in [0.1, 0.15) is 12.6 Å². The van der Waals surface area contributed by atoms with E-state index < -0.39 is 24.8 Å². The third-order valence-corrected chi connectivity index (χ3v) is 4.51. The fourth-order valence-electron chi connectivity index (χ4n) is 2.91. The first-order valence-electron chi connectivity index (χ1n) is 12.3. The second-order valence-corrected chi connectivity index (χ2v) is 9.08. The number of aliphatic hydroxyl groups is 1. The highest BCUT2D eigenvalue weighted by atomic mass is 16.7. The summed E-state index contributed by atoms with van der Waals surface area (Å²) in [4.78, 5) is 23.3. The van der Waals surface area contributed by atoms with Crippen molar-refractivity contribution in [2.75, 3.05) is 34.5 Å². The minimum atomic E-state index is -0.785. The van der Waals surface area contributed by atoms with Gasteiger partial charge in [-0.1, -0.05) is 67.7 Å². The highest BCUT2D eigenvalue weighted by molar-refractivity contribution is 5.71. The van der Waals surface area contributed by atoms with E-state index in [1.807, 2.05) is 21.1 Å². The number of likely N-dealkylation sites (N-methyl/N-ethyl adjacent to an activating group) is 1. The van der Waals surface area contributed by atoms with E-state index in [9.17, 15) is 14.7 Å². The van der Waals surface area contributed by atoms with Crippen LogP contribution in [0, 0.1) is 0 Å². The van der Waals surface area contributed by atoms with Gasteiger partial charge >= 0.3 is 11.9 Å². The van der Waals surface area contributed by atoms with E-state index in [4.69, 9.17) is 9.47 Å². The Hall–Kier alpha value is -2.44. The molecule has 0 saturated heterocycles. The van der Waals surface area contributed by atoms with Gasteiger partial charge in [0.2, 0.25) is 6.79 Å². The first kappa shape index (κ1) is 31.6. The van der Waals surface area contributed by atoms with Crippen LogP contribution < -0.4 is 0 Å². The molecule has 1 N–H and O–H groups in total. The standard InChI is InChI=1S/C28H46NO5/c1-5-6-7-8-9-10-11-12-13-14-15-16-17-18-19-20-21-22-27(31)33-25-34-28(32)23-26(30)24-29(2,3)4/h6-7,9-10,12-13,15-16,18-19,26,30H,5,8,11,14,17,20-25H2,1-4H3/q+1. The van der Waals surface area contributed by atoms with Crippen LogP contribution in [-0.4, -0.2) is 62.1 Å². The van der Waals surface area contributed by atoms with Gasteiger partial charge in [0.15, 0.2) is 0 Å². The maximum atomic E-state index is 11.7. The van der Waals surface area contributed by atoms with Crippen LogP contribution in [-0.2, 0) is 19.1 Å². The number of carbonyl (C=O) groups is 2. The number of quaternary nitrogens is 1. The fourth-order valence-corrected chi connectivity index (χ4v) is 2.91. The van der Waals surface area contributed by atoms with Crippen molar-refractivity contribution in [3.63, 3.8) is 0 Å². The summed E-state index contributed by atoms with van der Waals surface area (Å²) in [6.07, 6.45) is 27.2. The minimum Gasteiger partial charge on any atom is -0.428 e. The Morgan fingerprint density at radius 1 is 0.765 bits per heavy atom. The second kappa shape index (κ2) is 21.1. The molecule has 192 valence electrons. The Morgan fingerprint density at radius 2 is 1.24 bits per heavy atom. The molecule has 0 saturated carbocycles. The average Bonchev–Trinajstić information content (AvgIpc) is 2.74. The van der Waals surface area contributed by atoms with Gasteiger partial charge in [0.25, 0.3) is 0 Å². The molecule has 0 aliphatic heterocycles. The minimum absolute atomic E-state index is 0.114. The van der Waals surface area contributed by atoms with Gasteiger partial charge in [-0.3, -0.25) is 9.59 Å². The van der Waals surface area contributed by atoms with Crippen LogP contribution in [0.25, 0.3) is 0 Å². The van der Waals surface area contributed by atoms with Crippen LogP contribution in [0.4, 0.5) is 0 Å². The highest BCUT2D eigenvalue weighted by Crippen LogP contribution is 2.03. The molecule has 0 fully saturated rings. The summed E-state index contributed by atoms with van der Waals surface area (Å²) in [5, 5.41) is 9.84. The summed E-state index contributed by atoms with van der Waals surface area (Å²) in [6, 6.07) is 0. The molecule has 34 heavy (non-hydrogen) atoms. The summed E-state index contributed by atoms with van der Waals surface area (Å²) in [7, 11) is 5.78. The Morgan fingerprint density at radius 3 is 1.74 bits per heavy atom. The molecule has 0 aromatic rings. The maximum absolute atomic E-state index is 11.7. The third kappa shape index (κ3) is 24.2. The predicted molar refractivity (Wildman–Crippen MR) is 139 cm³/mol. The second-order valence-electron chi connectivity index (χ2n) is 9.08. The van der Waals surface area contributed by atoms with E-state index >= 15 is 0 Å². The van der Waals surface area contributed by atoms with E-state index in [1.165, 1.54) is 0 Å². The molecule has 0 aromatic carbocycles. The smallest absolute Gasteiger partial charge is 0.311 e. The van der Waals surface area contributed by atoms with Crippen LogP contribution in [0.3, 0.4) is 0 Å². The number of hydrogen-bond donors (Lipinski definition) is 1. The molecule has 1 atom stereocenters. The van der Waals surface area contributed by atoms with Crippen molar-refractivity contribution in [2.45, 2.75) is 70.8 Å². The fraction of sp³-hybridized carbons (Fsp3) is 0.571. The molecule has 0 rings (SSSR count). The van der Waals surface area contributed by atoms with Crippen LogP contribution in [0.1, 0.15) is 64.7 Å². The van der Waals surface area contributed by atoms with Crippen molar-refractivity contribution in [2.24, 2.45) is 0 Å². The maximum Gasteiger partial charge on any atom is 0.311 e. The Balaban J connectivity index is 3.67. The van der Waals surface area contributed by atoms with Crippen LogP contribution in [0.15, 0.2) is 60.8 Å². The number of ether oxygens (including phenoxy) is 2. The molecule has 0 heterocycles. The molecule has 0 radical (unpaired) electrons. The van der Waals surface area contributed by atoms with Crippen molar-refractivity contribution < 1.29 is 28.7 Å². The molecular formula is C28H46NO5+. The van der Waals surface area contributed by atoms with Crippen molar-refractivity contribution in [3.8, 4) is 0 Å². The Kier molecular flexibility index (Phi) is 19.6. The highest BCUT2D eigenvalue weighted by Gasteiger charge is 2.19. The van der Waals surface area contributed by atoms with E-state index in [1.54, 1.807) is 0 Å². The van der Waals surface area contributed by atoms with E-state index in [0.717, 1.165) is 38.5 Å². The summed E-state index contributed by atoms with van der Waals surface area (Å²) in [6.45, 7) is 2.17. The number of rotatable bonds is 19. The molecule has 0 bridgehead atoms. The summed E-state index contributed by atoms with van der Waals surface area (Å²) >= 11 is 0. The Labute approximate surface area is 206 Å². The number of nitrogens with zero attached hydrogens (tertiary/aromatic N) is 1. The average molecular weight is 477 g/mol. The van der Waals surface area contributed by atoms with Gasteiger partial charge in [0, 0.05) is 6.42 Å². The molecule has 0 amide bonds. The summed E-state index contributed by atoms with van der Waals surface area (Å²) in [5.74, 6) is -0.973.